The van der Waals surface area contributed by atoms with E-state index in [1.165, 1.54) is 0 Å². The topological polar surface area (TPSA) is 67.6 Å². The maximum Gasteiger partial charge on any atom is 0.164 e. The van der Waals surface area contributed by atoms with Gasteiger partial charge in [0.25, 0.3) is 0 Å². The number of nitrogens with zero attached hydrogens (tertiary/aromatic N) is 1. The van der Waals surface area contributed by atoms with Gasteiger partial charge in [-0.2, -0.15) is 0 Å². The Morgan fingerprint density at radius 2 is 2.23 bits per heavy atom. The van der Waals surface area contributed by atoms with Crippen molar-refractivity contribution in [3.63, 3.8) is 0 Å². The van der Waals surface area contributed by atoms with Crippen LogP contribution in [0.3, 0.4) is 0 Å². The second-order valence-electron chi connectivity index (χ2n) is 5.72. The SMILES string of the molecule is CCCOc1ccc(C(=O)CCN2CCCNCC2)cc1N. The molecule has 1 aliphatic rings. The van der Waals surface area contributed by atoms with Crippen molar-refractivity contribution in [3.8, 4) is 5.75 Å². The summed E-state index contributed by atoms with van der Waals surface area (Å²) in [6.45, 7) is 7.65. The molecule has 5 nitrogen and oxygen atoms in total. The maximum atomic E-state index is 12.3. The lowest BCUT2D eigenvalue weighted by molar-refractivity contribution is 0.0965. The van der Waals surface area contributed by atoms with E-state index in [0.717, 1.165) is 45.6 Å². The van der Waals surface area contributed by atoms with Crippen LogP contribution in [-0.2, 0) is 0 Å². The lowest BCUT2D eigenvalue weighted by Gasteiger charge is -2.18. The van der Waals surface area contributed by atoms with E-state index in [0.29, 0.717) is 30.0 Å². The first-order valence-electron chi connectivity index (χ1n) is 8.19. The number of anilines is 1. The molecule has 0 spiro atoms. The molecule has 1 heterocycles. The molecule has 0 saturated carbocycles. The van der Waals surface area contributed by atoms with Gasteiger partial charge in [0, 0.05) is 31.6 Å². The van der Waals surface area contributed by atoms with Crippen LogP contribution < -0.4 is 15.8 Å². The quantitative estimate of drug-likeness (QED) is 0.595. The predicted octanol–water partition coefficient (Wildman–Crippen LogP) is 1.93. The van der Waals surface area contributed by atoms with Crippen molar-refractivity contribution < 1.29 is 9.53 Å². The molecule has 1 aromatic carbocycles. The number of ether oxygens (including phenoxy) is 1. The fraction of sp³-hybridized carbons (Fsp3) is 0.588. The summed E-state index contributed by atoms with van der Waals surface area (Å²) < 4.78 is 5.54. The van der Waals surface area contributed by atoms with Crippen LogP contribution in [-0.4, -0.2) is 50.0 Å². The van der Waals surface area contributed by atoms with E-state index in [1.807, 2.05) is 13.0 Å². The van der Waals surface area contributed by atoms with Crippen molar-refractivity contribution >= 4 is 11.5 Å². The fourth-order valence-corrected chi connectivity index (χ4v) is 2.59. The molecule has 2 rings (SSSR count). The first-order chi connectivity index (χ1) is 10.7. The lowest BCUT2D eigenvalue weighted by atomic mass is 10.1. The van der Waals surface area contributed by atoms with Gasteiger partial charge in [0.05, 0.1) is 12.3 Å². The number of rotatable bonds is 7. The second-order valence-corrected chi connectivity index (χ2v) is 5.72. The van der Waals surface area contributed by atoms with E-state index in [4.69, 9.17) is 10.5 Å². The number of Topliss-reactive ketones (excluding diaryl/α,β-unsaturated/α-hetero) is 1. The van der Waals surface area contributed by atoms with Gasteiger partial charge < -0.3 is 20.7 Å². The summed E-state index contributed by atoms with van der Waals surface area (Å²) in [5.41, 5.74) is 7.18. The highest BCUT2D eigenvalue weighted by molar-refractivity contribution is 5.97. The van der Waals surface area contributed by atoms with Crippen molar-refractivity contribution in [2.24, 2.45) is 0 Å². The van der Waals surface area contributed by atoms with Crippen LogP contribution in [0.1, 0.15) is 36.5 Å². The number of nitrogens with one attached hydrogen (secondary N) is 1. The van der Waals surface area contributed by atoms with Crippen LogP contribution >= 0.6 is 0 Å². The van der Waals surface area contributed by atoms with E-state index < -0.39 is 0 Å². The molecular formula is C17H27N3O2. The Labute approximate surface area is 132 Å². The van der Waals surface area contributed by atoms with Gasteiger partial charge in [-0.05, 0) is 44.1 Å². The highest BCUT2D eigenvalue weighted by Gasteiger charge is 2.13. The van der Waals surface area contributed by atoms with Gasteiger partial charge in [0.2, 0.25) is 0 Å². The number of carbonyl (C=O) groups is 1. The largest absolute Gasteiger partial charge is 0.491 e. The van der Waals surface area contributed by atoms with Crippen LogP contribution in [0.15, 0.2) is 18.2 Å². The van der Waals surface area contributed by atoms with Crippen molar-refractivity contribution in [3.05, 3.63) is 23.8 Å². The minimum Gasteiger partial charge on any atom is -0.491 e. The first kappa shape index (κ1) is 16.8. The molecule has 1 fully saturated rings. The number of ketones is 1. The van der Waals surface area contributed by atoms with Crippen LogP contribution in [0.4, 0.5) is 5.69 Å². The molecular weight excluding hydrogens is 278 g/mol. The van der Waals surface area contributed by atoms with Gasteiger partial charge in [-0.1, -0.05) is 6.92 Å². The highest BCUT2D eigenvalue weighted by atomic mass is 16.5. The molecule has 0 bridgehead atoms. The van der Waals surface area contributed by atoms with E-state index in [1.54, 1.807) is 12.1 Å². The van der Waals surface area contributed by atoms with Crippen molar-refractivity contribution in [2.75, 3.05) is 45.1 Å². The molecule has 0 atom stereocenters. The summed E-state index contributed by atoms with van der Waals surface area (Å²) in [7, 11) is 0. The summed E-state index contributed by atoms with van der Waals surface area (Å²) in [6.07, 6.45) is 2.62. The Morgan fingerprint density at radius 1 is 1.36 bits per heavy atom. The summed E-state index contributed by atoms with van der Waals surface area (Å²) in [4.78, 5) is 14.7. The van der Waals surface area contributed by atoms with Gasteiger partial charge in [-0.3, -0.25) is 4.79 Å². The standard InChI is InChI=1S/C17H27N3O2/c1-2-12-22-17-5-4-14(13-15(17)18)16(21)6-10-20-9-3-7-19-8-11-20/h4-5,13,19H,2-3,6-12,18H2,1H3. The highest BCUT2D eigenvalue weighted by Crippen LogP contribution is 2.23. The monoisotopic (exact) mass is 305 g/mol. The first-order valence-corrected chi connectivity index (χ1v) is 8.19. The lowest BCUT2D eigenvalue weighted by Crippen LogP contribution is -2.30. The number of hydrogen-bond donors (Lipinski definition) is 2. The molecule has 0 radical (unpaired) electrons. The number of nitrogens with two attached hydrogens (primary N) is 1. The summed E-state index contributed by atoms with van der Waals surface area (Å²) in [6, 6.07) is 5.35. The van der Waals surface area contributed by atoms with E-state index in [9.17, 15) is 4.79 Å². The molecule has 122 valence electrons. The van der Waals surface area contributed by atoms with Gasteiger partial charge in [0.1, 0.15) is 5.75 Å². The number of carbonyl (C=O) groups excluding carboxylic acids is 1. The molecule has 22 heavy (non-hydrogen) atoms. The van der Waals surface area contributed by atoms with Gasteiger partial charge in [-0.25, -0.2) is 0 Å². The third-order valence-corrected chi connectivity index (χ3v) is 3.88. The minimum atomic E-state index is 0.144. The van der Waals surface area contributed by atoms with Crippen molar-refractivity contribution in [1.82, 2.24) is 10.2 Å². The molecule has 1 aliphatic heterocycles. The van der Waals surface area contributed by atoms with Gasteiger partial charge >= 0.3 is 0 Å². The van der Waals surface area contributed by atoms with Crippen LogP contribution in [0.2, 0.25) is 0 Å². The third kappa shape index (κ3) is 5.00. The molecule has 0 unspecified atom stereocenters. The van der Waals surface area contributed by atoms with Crippen molar-refractivity contribution in [2.45, 2.75) is 26.2 Å². The minimum absolute atomic E-state index is 0.144. The van der Waals surface area contributed by atoms with Crippen LogP contribution in [0, 0.1) is 0 Å². The molecule has 5 heteroatoms. The Morgan fingerprint density at radius 3 is 3.00 bits per heavy atom. The Balaban J connectivity index is 1.87. The molecule has 3 N–H and O–H groups in total. The average Bonchev–Trinajstić information content (AvgIpc) is 2.80. The smallest absolute Gasteiger partial charge is 0.164 e. The fourth-order valence-electron chi connectivity index (χ4n) is 2.59. The average molecular weight is 305 g/mol. The van der Waals surface area contributed by atoms with Crippen molar-refractivity contribution in [1.29, 1.82) is 0 Å². The van der Waals surface area contributed by atoms with Crippen LogP contribution in [0.5, 0.6) is 5.75 Å². The van der Waals surface area contributed by atoms with Gasteiger partial charge in [0.15, 0.2) is 5.78 Å². The van der Waals surface area contributed by atoms with Crippen LogP contribution in [0.25, 0.3) is 0 Å². The number of nitrogen functional groups attached to an aromatic ring is 1. The summed E-state index contributed by atoms with van der Waals surface area (Å²) in [5.74, 6) is 0.808. The van der Waals surface area contributed by atoms with E-state index >= 15 is 0 Å². The molecule has 0 aromatic heterocycles. The summed E-state index contributed by atoms with van der Waals surface area (Å²) >= 11 is 0. The Kier molecular flexibility index (Phi) is 6.68. The predicted molar refractivity (Wildman–Crippen MR) is 89.5 cm³/mol. The molecule has 0 amide bonds. The second kappa shape index (κ2) is 8.76. The van der Waals surface area contributed by atoms with Gasteiger partial charge in [-0.15, -0.1) is 0 Å². The summed E-state index contributed by atoms with van der Waals surface area (Å²) in [5, 5.41) is 3.37. The Bertz CT molecular complexity index is 483. The Hall–Kier alpha value is -1.59. The third-order valence-electron chi connectivity index (χ3n) is 3.88. The zero-order valence-corrected chi connectivity index (χ0v) is 13.4. The molecule has 1 aromatic rings. The molecule has 0 aliphatic carbocycles. The number of benzene rings is 1. The number of hydrogen-bond acceptors (Lipinski definition) is 5. The zero-order chi connectivity index (χ0) is 15.8. The maximum absolute atomic E-state index is 12.3. The molecule has 1 saturated heterocycles. The van der Waals surface area contributed by atoms with E-state index in [2.05, 4.69) is 10.2 Å². The zero-order valence-electron chi connectivity index (χ0n) is 13.4. The van der Waals surface area contributed by atoms with E-state index in [-0.39, 0.29) is 5.78 Å². The normalized spacial score (nSPS) is 16.2.